The first kappa shape index (κ1) is 20.7. The molecular formula is C23H28ClNO3. The number of hydrogen-bond donors (Lipinski definition) is 1. The van der Waals surface area contributed by atoms with Crippen LogP contribution in [0, 0.1) is 13.8 Å². The van der Waals surface area contributed by atoms with E-state index in [0.717, 1.165) is 28.1 Å². The van der Waals surface area contributed by atoms with Gasteiger partial charge in [0.25, 0.3) is 0 Å². The summed E-state index contributed by atoms with van der Waals surface area (Å²) in [4.78, 5) is 14.4. The molecule has 28 heavy (non-hydrogen) atoms. The van der Waals surface area contributed by atoms with Crippen molar-refractivity contribution in [2.45, 2.75) is 45.1 Å². The second-order valence-corrected chi connectivity index (χ2v) is 8.17. The molecule has 1 aliphatic rings. The van der Waals surface area contributed by atoms with Gasteiger partial charge in [-0.05, 0) is 61.9 Å². The zero-order valence-corrected chi connectivity index (χ0v) is 17.3. The number of β-amino-alcohol motifs (C(OH)–C–C–N with tert-alkyl or cyclic N) is 1. The molecule has 5 heteroatoms. The summed E-state index contributed by atoms with van der Waals surface area (Å²) in [5.74, 6) is 0.778. The molecule has 150 valence electrons. The summed E-state index contributed by atoms with van der Waals surface area (Å²) in [6.07, 6.45) is 2.57. The minimum atomic E-state index is -1.03. The van der Waals surface area contributed by atoms with Crippen molar-refractivity contribution in [3.8, 4) is 5.75 Å². The molecule has 0 aromatic heterocycles. The third-order valence-corrected chi connectivity index (χ3v) is 5.89. The number of benzene rings is 2. The van der Waals surface area contributed by atoms with Gasteiger partial charge in [0.15, 0.2) is 0 Å². The van der Waals surface area contributed by atoms with E-state index in [4.69, 9.17) is 16.3 Å². The number of aliphatic hydroxyl groups is 1. The lowest BCUT2D eigenvalue weighted by Gasteiger charge is -2.39. The number of hydrogen-bond acceptors (Lipinski definition) is 3. The van der Waals surface area contributed by atoms with Gasteiger partial charge in [-0.2, -0.15) is 0 Å². The Hall–Kier alpha value is -2.04. The Labute approximate surface area is 172 Å². The second kappa shape index (κ2) is 8.97. The molecule has 1 unspecified atom stereocenters. The first-order valence-corrected chi connectivity index (χ1v) is 10.2. The SMILES string of the molecule is Cc1cc(OCC2(O)CCCN(C(=O)CCc3ccccc3)C2)cc(C)c1Cl. The molecule has 0 spiro atoms. The van der Waals surface area contributed by atoms with Gasteiger partial charge in [0.1, 0.15) is 18.0 Å². The van der Waals surface area contributed by atoms with Gasteiger partial charge in [-0.1, -0.05) is 41.9 Å². The second-order valence-electron chi connectivity index (χ2n) is 7.79. The van der Waals surface area contributed by atoms with E-state index in [9.17, 15) is 9.90 Å². The van der Waals surface area contributed by atoms with Gasteiger partial charge in [0.2, 0.25) is 5.91 Å². The van der Waals surface area contributed by atoms with Crippen LogP contribution in [0.25, 0.3) is 0 Å². The van der Waals surface area contributed by atoms with Gasteiger partial charge in [-0.25, -0.2) is 0 Å². The lowest BCUT2D eigenvalue weighted by atomic mass is 9.93. The zero-order chi connectivity index (χ0) is 20.1. The summed E-state index contributed by atoms with van der Waals surface area (Å²) >= 11 is 6.20. The molecule has 1 heterocycles. The molecule has 2 aromatic rings. The first-order chi connectivity index (χ1) is 13.4. The van der Waals surface area contributed by atoms with Crippen LogP contribution in [0.3, 0.4) is 0 Å². The third kappa shape index (κ3) is 5.27. The predicted molar refractivity (Wildman–Crippen MR) is 112 cm³/mol. The fourth-order valence-electron chi connectivity index (χ4n) is 3.70. The smallest absolute Gasteiger partial charge is 0.223 e. The highest BCUT2D eigenvalue weighted by Crippen LogP contribution is 2.28. The largest absolute Gasteiger partial charge is 0.491 e. The van der Waals surface area contributed by atoms with E-state index in [-0.39, 0.29) is 12.5 Å². The normalized spacial score (nSPS) is 19.5. The monoisotopic (exact) mass is 401 g/mol. The van der Waals surface area contributed by atoms with Crippen LogP contribution in [0.2, 0.25) is 5.02 Å². The van der Waals surface area contributed by atoms with Crippen LogP contribution in [0.15, 0.2) is 42.5 Å². The summed E-state index contributed by atoms with van der Waals surface area (Å²) in [5, 5.41) is 11.7. The number of nitrogens with zero attached hydrogens (tertiary/aromatic N) is 1. The fraction of sp³-hybridized carbons (Fsp3) is 0.435. The van der Waals surface area contributed by atoms with Crippen molar-refractivity contribution in [3.63, 3.8) is 0 Å². The standard InChI is InChI=1S/C23H28ClNO3/c1-17-13-20(14-18(2)22(17)24)28-16-23(27)11-6-12-25(15-23)21(26)10-9-19-7-4-3-5-8-19/h3-5,7-8,13-14,27H,6,9-12,15-16H2,1-2H3. The van der Waals surface area contributed by atoms with Crippen LogP contribution >= 0.6 is 11.6 Å². The van der Waals surface area contributed by atoms with Crippen LogP contribution in [-0.4, -0.2) is 41.2 Å². The maximum Gasteiger partial charge on any atom is 0.223 e. The zero-order valence-electron chi connectivity index (χ0n) is 16.6. The van der Waals surface area contributed by atoms with E-state index in [2.05, 4.69) is 0 Å². The summed E-state index contributed by atoms with van der Waals surface area (Å²) in [6.45, 7) is 5.03. The van der Waals surface area contributed by atoms with E-state index in [1.54, 1.807) is 4.90 Å². The number of halogens is 1. The lowest BCUT2D eigenvalue weighted by molar-refractivity contribution is -0.140. The van der Waals surface area contributed by atoms with Crippen molar-refractivity contribution in [3.05, 3.63) is 64.2 Å². The number of carbonyl (C=O) groups is 1. The molecule has 1 aliphatic heterocycles. The third-order valence-electron chi connectivity index (χ3n) is 5.30. The maximum atomic E-state index is 12.6. The Morgan fingerprint density at radius 3 is 2.57 bits per heavy atom. The van der Waals surface area contributed by atoms with Crippen molar-refractivity contribution in [2.75, 3.05) is 19.7 Å². The highest BCUT2D eigenvalue weighted by molar-refractivity contribution is 6.32. The maximum absolute atomic E-state index is 12.6. The quantitative estimate of drug-likeness (QED) is 0.784. The molecule has 0 bridgehead atoms. The molecule has 0 radical (unpaired) electrons. The summed E-state index contributed by atoms with van der Waals surface area (Å²) in [6, 6.07) is 13.8. The van der Waals surface area contributed by atoms with Gasteiger partial charge in [-0.15, -0.1) is 0 Å². The topological polar surface area (TPSA) is 49.8 Å². The van der Waals surface area contributed by atoms with Crippen LogP contribution in [0.1, 0.15) is 36.0 Å². The number of likely N-dealkylation sites (tertiary alicyclic amines) is 1. The number of amides is 1. The molecule has 4 nitrogen and oxygen atoms in total. The lowest BCUT2D eigenvalue weighted by Crippen LogP contribution is -2.53. The summed E-state index contributed by atoms with van der Waals surface area (Å²) < 4.78 is 5.88. The molecule has 3 rings (SSSR count). The summed E-state index contributed by atoms with van der Waals surface area (Å²) in [7, 11) is 0. The van der Waals surface area contributed by atoms with E-state index < -0.39 is 5.60 Å². The van der Waals surface area contributed by atoms with Gasteiger partial charge in [0.05, 0.1) is 6.54 Å². The minimum Gasteiger partial charge on any atom is -0.491 e. The molecule has 1 N–H and O–H groups in total. The summed E-state index contributed by atoms with van der Waals surface area (Å²) in [5.41, 5.74) is 2.03. The Morgan fingerprint density at radius 2 is 1.89 bits per heavy atom. The molecule has 2 aromatic carbocycles. The molecule has 1 amide bonds. The Kier molecular flexibility index (Phi) is 6.63. The molecule has 0 aliphatic carbocycles. The van der Waals surface area contributed by atoms with Crippen molar-refractivity contribution < 1.29 is 14.6 Å². The average Bonchev–Trinajstić information content (AvgIpc) is 2.69. The van der Waals surface area contributed by atoms with E-state index in [1.165, 1.54) is 0 Å². The Balaban J connectivity index is 1.56. The van der Waals surface area contributed by atoms with Crippen LogP contribution < -0.4 is 4.74 Å². The van der Waals surface area contributed by atoms with E-state index in [1.807, 2.05) is 56.3 Å². The highest BCUT2D eigenvalue weighted by atomic mass is 35.5. The fourth-order valence-corrected chi connectivity index (χ4v) is 3.81. The first-order valence-electron chi connectivity index (χ1n) is 9.80. The van der Waals surface area contributed by atoms with Gasteiger partial charge >= 0.3 is 0 Å². The van der Waals surface area contributed by atoms with Gasteiger partial charge < -0.3 is 14.7 Å². The molecule has 1 fully saturated rings. The molecule has 1 saturated heterocycles. The number of rotatable bonds is 6. The van der Waals surface area contributed by atoms with E-state index in [0.29, 0.717) is 38.1 Å². The number of carbonyl (C=O) groups excluding carboxylic acids is 1. The minimum absolute atomic E-state index is 0.0835. The molecular weight excluding hydrogens is 374 g/mol. The Bertz CT molecular complexity index is 801. The van der Waals surface area contributed by atoms with Crippen LogP contribution in [0.5, 0.6) is 5.75 Å². The number of aryl methyl sites for hydroxylation is 3. The number of piperidine rings is 1. The van der Waals surface area contributed by atoms with E-state index >= 15 is 0 Å². The molecule has 0 saturated carbocycles. The van der Waals surface area contributed by atoms with Crippen molar-refractivity contribution in [2.24, 2.45) is 0 Å². The van der Waals surface area contributed by atoms with Crippen molar-refractivity contribution in [1.29, 1.82) is 0 Å². The highest BCUT2D eigenvalue weighted by Gasteiger charge is 2.36. The van der Waals surface area contributed by atoms with Crippen molar-refractivity contribution in [1.82, 2.24) is 4.90 Å². The number of ether oxygens (including phenoxy) is 1. The van der Waals surface area contributed by atoms with Crippen LogP contribution in [-0.2, 0) is 11.2 Å². The predicted octanol–water partition coefficient (Wildman–Crippen LogP) is 4.32. The average molecular weight is 402 g/mol. The van der Waals surface area contributed by atoms with Gasteiger partial charge in [0, 0.05) is 18.0 Å². The van der Waals surface area contributed by atoms with Gasteiger partial charge in [-0.3, -0.25) is 4.79 Å². The Morgan fingerprint density at radius 1 is 1.21 bits per heavy atom. The van der Waals surface area contributed by atoms with Crippen molar-refractivity contribution >= 4 is 17.5 Å². The molecule has 1 atom stereocenters. The van der Waals surface area contributed by atoms with Crippen LogP contribution in [0.4, 0.5) is 0 Å².